The fourth-order valence-electron chi connectivity index (χ4n) is 1.78. The van der Waals surface area contributed by atoms with Crippen LogP contribution in [0, 0.1) is 0 Å². The van der Waals surface area contributed by atoms with E-state index in [1.165, 1.54) is 4.68 Å². The van der Waals surface area contributed by atoms with Crippen molar-refractivity contribution in [1.29, 1.82) is 0 Å². The number of halogens is 2. The molecule has 0 radical (unpaired) electrons. The molecular weight excluding hydrogens is 313 g/mol. The van der Waals surface area contributed by atoms with Gasteiger partial charge in [0.25, 0.3) is 5.95 Å². The van der Waals surface area contributed by atoms with Gasteiger partial charge in [-0.1, -0.05) is 12.1 Å². The van der Waals surface area contributed by atoms with E-state index in [2.05, 4.69) is 20.1 Å². The quantitative estimate of drug-likeness (QED) is 0.741. The third-order valence-corrected chi connectivity index (χ3v) is 3.12. The Morgan fingerprint density at radius 1 is 0.952 bits per heavy atom. The summed E-state index contributed by atoms with van der Waals surface area (Å²) < 4.78 is 6.61. The van der Waals surface area contributed by atoms with Crippen LogP contribution in [0.2, 0.25) is 10.6 Å². The van der Waals surface area contributed by atoms with Crippen LogP contribution < -0.4 is 4.74 Å². The van der Waals surface area contributed by atoms with Gasteiger partial charge < -0.3 is 4.74 Å². The van der Waals surface area contributed by atoms with Crippen LogP contribution in [0.5, 0.6) is 5.75 Å². The molecule has 0 N–H and O–H groups in total. The van der Waals surface area contributed by atoms with Crippen LogP contribution in [0.15, 0.2) is 36.7 Å². The fourth-order valence-corrected chi connectivity index (χ4v) is 2.14. The molecule has 0 aliphatic heterocycles. The number of rotatable bonds is 3. The predicted octanol–water partition coefficient (Wildman–Crippen LogP) is 3.04. The van der Waals surface area contributed by atoms with Gasteiger partial charge in [-0.15, -0.1) is 0 Å². The maximum absolute atomic E-state index is 5.76. The molecular formula is C13H9Cl2N5O. The van der Waals surface area contributed by atoms with E-state index in [0.717, 1.165) is 16.9 Å². The van der Waals surface area contributed by atoms with Crippen LogP contribution in [-0.2, 0) is 0 Å². The highest BCUT2D eigenvalue weighted by Gasteiger charge is 2.08. The zero-order valence-electron chi connectivity index (χ0n) is 10.9. The Labute approximate surface area is 130 Å². The van der Waals surface area contributed by atoms with Crippen molar-refractivity contribution in [3.63, 3.8) is 0 Å². The molecule has 0 amide bonds. The van der Waals surface area contributed by atoms with Crippen LogP contribution in [0.4, 0.5) is 0 Å². The Hall–Kier alpha value is -2.18. The molecule has 0 bridgehead atoms. The molecule has 0 unspecified atom stereocenters. The van der Waals surface area contributed by atoms with Crippen LogP contribution in [0.25, 0.3) is 17.1 Å². The van der Waals surface area contributed by atoms with E-state index >= 15 is 0 Å². The van der Waals surface area contributed by atoms with Crippen LogP contribution in [0.1, 0.15) is 0 Å². The number of benzene rings is 1. The van der Waals surface area contributed by atoms with Gasteiger partial charge in [0.2, 0.25) is 10.6 Å². The molecule has 3 aromatic rings. The lowest BCUT2D eigenvalue weighted by molar-refractivity contribution is 0.415. The second-order valence-electron chi connectivity index (χ2n) is 4.08. The number of aromatic nitrogens is 5. The smallest absolute Gasteiger partial charge is 0.256 e. The number of nitrogens with zero attached hydrogens (tertiary/aromatic N) is 5. The third-order valence-electron chi connectivity index (χ3n) is 2.78. The summed E-state index contributed by atoms with van der Waals surface area (Å²) in [5.41, 5.74) is 1.90. The first-order valence-electron chi connectivity index (χ1n) is 5.92. The lowest BCUT2D eigenvalue weighted by atomic mass is 10.1. The molecule has 3 rings (SSSR count). The average Bonchev–Trinajstić information content (AvgIpc) is 2.96. The van der Waals surface area contributed by atoms with Crippen LogP contribution in [-0.4, -0.2) is 31.8 Å². The van der Waals surface area contributed by atoms with Crippen molar-refractivity contribution in [2.24, 2.45) is 0 Å². The minimum atomic E-state index is 0.0199. The Bertz CT molecular complexity index is 752. The lowest BCUT2D eigenvalue weighted by Crippen LogP contribution is -2.03. The third kappa shape index (κ3) is 2.96. The van der Waals surface area contributed by atoms with Gasteiger partial charge in [0.1, 0.15) is 5.75 Å². The monoisotopic (exact) mass is 321 g/mol. The molecule has 0 aliphatic rings. The average molecular weight is 322 g/mol. The van der Waals surface area contributed by atoms with E-state index in [0.29, 0.717) is 0 Å². The molecule has 6 nitrogen and oxygen atoms in total. The SMILES string of the molecule is COc1ccc(-c2cnn(-c3nc(Cl)nc(Cl)n3)c2)cc1. The summed E-state index contributed by atoms with van der Waals surface area (Å²) in [6, 6.07) is 7.63. The van der Waals surface area contributed by atoms with E-state index < -0.39 is 0 Å². The van der Waals surface area contributed by atoms with E-state index in [4.69, 9.17) is 27.9 Å². The van der Waals surface area contributed by atoms with Gasteiger partial charge in [-0.05, 0) is 40.9 Å². The number of ether oxygens (including phenoxy) is 1. The van der Waals surface area contributed by atoms with Crippen molar-refractivity contribution < 1.29 is 4.74 Å². The second-order valence-corrected chi connectivity index (χ2v) is 4.75. The molecule has 0 fully saturated rings. The Balaban J connectivity index is 1.95. The first kappa shape index (κ1) is 13.8. The molecule has 0 atom stereocenters. The van der Waals surface area contributed by atoms with E-state index in [1.807, 2.05) is 24.3 Å². The highest BCUT2D eigenvalue weighted by Crippen LogP contribution is 2.22. The Morgan fingerprint density at radius 3 is 2.24 bits per heavy atom. The molecule has 2 heterocycles. The zero-order valence-corrected chi connectivity index (χ0v) is 12.4. The summed E-state index contributed by atoms with van der Waals surface area (Å²) in [7, 11) is 1.63. The Morgan fingerprint density at radius 2 is 1.62 bits per heavy atom. The molecule has 0 aliphatic carbocycles. The zero-order chi connectivity index (χ0) is 14.8. The summed E-state index contributed by atoms with van der Waals surface area (Å²) in [6.45, 7) is 0. The van der Waals surface area contributed by atoms with Crippen LogP contribution >= 0.6 is 23.2 Å². The van der Waals surface area contributed by atoms with Crippen molar-refractivity contribution in [3.05, 3.63) is 47.2 Å². The summed E-state index contributed by atoms with van der Waals surface area (Å²) >= 11 is 11.5. The maximum Gasteiger partial charge on any atom is 0.256 e. The molecule has 0 saturated heterocycles. The van der Waals surface area contributed by atoms with Crippen molar-refractivity contribution >= 4 is 23.2 Å². The van der Waals surface area contributed by atoms with Crippen molar-refractivity contribution in [1.82, 2.24) is 24.7 Å². The van der Waals surface area contributed by atoms with Gasteiger partial charge in [0, 0.05) is 11.8 Å². The van der Waals surface area contributed by atoms with Crippen molar-refractivity contribution in [3.8, 4) is 22.8 Å². The summed E-state index contributed by atoms with van der Waals surface area (Å²) in [5.74, 6) is 1.06. The standard InChI is InChI=1S/C13H9Cl2N5O/c1-21-10-4-2-8(3-5-10)9-6-16-20(7-9)13-18-11(14)17-12(15)19-13/h2-7H,1H3. The number of methoxy groups -OCH3 is 1. The minimum absolute atomic E-state index is 0.0199. The normalized spacial score (nSPS) is 10.6. The van der Waals surface area contributed by atoms with E-state index in [1.54, 1.807) is 19.5 Å². The van der Waals surface area contributed by atoms with Gasteiger partial charge >= 0.3 is 0 Å². The number of hydrogen-bond donors (Lipinski definition) is 0. The van der Waals surface area contributed by atoms with Gasteiger partial charge in [-0.2, -0.15) is 20.1 Å². The summed E-state index contributed by atoms with van der Waals surface area (Å²) in [6.07, 6.45) is 3.48. The van der Waals surface area contributed by atoms with Gasteiger partial charge in [-0.25, -0.2) is 4.68 Å². The van der Waals surface area contributed by atoms with Gasteiger partial charge in [0.15, 0.2) is 0 Å². The van der Waals surface area contributed by atoms with E-state index in [-0.39, 0.29) is 16.5 Å². The molecule has 8 heteroatoms. The molecule has 0 spiro atoms. The molecule has 1 aromatic carbocycles. The lowest BCUT2D eigenvalue weighted by Gasteiger charge is -2.01. The largest absolute Gasteiger partial charge is 0.497 e. The summed E-state index contributed by atoms with van der Waals surface area (Å²) in [5, 5.41) is 4.24. The first-order chi connectivity index (χ1) is 10.2. The minimum Gasteiger partial charge on any atom is -0.497 e. The molecule has 21 heavy (non-hydrogen) atoms. The van der Waals surface area contributed by atoms with E-state index in [9.17, 15) is 0 Å². The molecule has 2 aromatic heterocycles. The van der Waals surface area contributed by atoms with Crippen LogP contribution in [0.3, 0.4) is 0 Å². The van der Waals surface area contributed by atoms with Crippen molar-refractivity contribution in [2.45, 2.75) is 0 Å². The number of hydrogen-bond acceptors (Lipinski definition) is 5. The second kappa shape index (κ2) is 5.67. The highest BCUT2D eigenvalue weighted by atomic mass is 35.5. The molecule has 0 saturated carbocycles. The van der Waals surface area contributed by atoms with Gasteiger partial charge in [-0.3, -0.25) is 0 Å². The predicted molar refractivity (Wildman–Crippen MR) is 79.0 cm³/mol. The maximum atomic E-state index is 5.76. The highest BCUT2D eigenvalue weighted by molar-refractivity contribution is 6.31. The summed E-state index contributed by atoms with van der Waals surface area (Å²) in [4.78, 5) is 11.7. The van der Waals surface area contributed by atoms with Crippen molar-refractivity contribution in [2.75, 3.05) is 7.11 Å². The molecule has 106 valence electrons. The van der Waals surface area contributed by atoms with Gasteiger partial charge in [0.05, 0.1) is 13.3 Å². The Kier molecular flexibility index (Phi) is 3.72. The fraction of sp³-hybridized carbons (Fsp3) is 0.0769. The topological polar surface area (TPSA) is 65.7 Å². The first-order valence-corrected chi connectivity index (χ1v) is 6.68.